The minimum atomic E-state index is -0.293. The summed E-state index contributed by atoms with van der Waals surface area (Å²) in [7, 11) is 0. The Hall–Kier alpha value is -3.08. The van der Waals surface area contributed by atoms with E-state index in [-0.39, 0.29) is 36.7 Å². The molecule has 3 saturated heterocycles. The molecule has 3 aliphatic rings. The molecule has 0 saturated carbocycles. The van der Waals surface area contributed by atoms with Gasteiger partial charge in [-0.25, -0.2) is 0 Å². The van der Waals surface area contributed by atoms with Gasteiger partial charge in [0, 0.05) is 43.7 Å². The molecule has 2 aromatic rings. The number of nitrogens with one attached hydrogen (secondary N) is 1. The zero-order valence-electron chi connectivity index (χ0n) is 25.5. The Kier molecular flexibility index (Phi) is 12.3. The molecule has 0 unspecified atom stereocenters. The lowest BCUT2D eigenvalue weighted by molar-refractivity contribution is -0.136. The number of hydrogen-bond donors (Lipinski definition) is 1. The maximum Gasteiger partial charge on any atom is 0.266 e. The van der Waals surface area contributed by atoms with Gasteiger partial charge in [-0.2, -0.15) is 0 Å². The number of ether oxygens (including phenoxy) is 1. The summed E-state index contributed by atoms with van der Waals surface area (Å²) in [6.45, 7) is 5.51. The molecule has 1 N–H and O–H groups in total. The van der Waals surface area contributed by atoms with Crippen molar-refractivity contribution in [2.45, 2.75) is 6.92 Å². The molecule has 5 rings (SSSR count). The molecule has 3 heterocycles. The smallest absolute Gasteiger partial charge is 0.266 e. The van der Waals surface area contributed by atoms with Crippen LogP contribution in [0.4, 0.5) is 0 Å². The molecule has 0 aliphatic carbocycles. The Morgan fingerprint density at radius 3 is 2.13 bits per heavy atom. The second kappa shape index (κ2) is 16.3. The first-order valence-electron chi connectivity index (χ1n) is 14.9. The van der Waals surface area contributed by atoms with Gasteiger partial charge in [0.2, 0.25) is 11.8 Å². The van der Waals surface area contributed by atoms with Crippen LogP contribution in [0.15, 0.2) is 62.8 Å². The predicted octanol–water partition coefficient (Wildman–Crippen LogP) is 4.21. The van der Waals surface area contributed by atoms with Crippen LogP contribution in [0.25, 0.3) is 12.2 Å². The van der Waals surface area contributed by atoms with E-state index in [4.69, 9.17) is 29.2 Å². The highest BCUT2D eigenvalue weighted by molar-refractivity contribution is 9.10. The Balaban J connectivity index is 1.02. The Morgan fingerprint density at radius 2 is 1.51 bits per heavy atom. The molecule has 4 amide bonds. The molecule has 0 radical (unpaired) electrons. The summed E-state index contributed by atoms with van der Waals surface area (Å²) < 4.78 is 7.08. The van der Waals surface area contributed by atoms with Gasteiger partial charge in [0.15, 0.2) is 0 Å². The summed E-state index contributed by atoms with van der Waals surface area (Å²) in [4.78, 5) is 59.2. The van der Waals surface area contributed by atoms with Crippen molar-refractivity contribution < 1.29 is 23.9 Å². The first-order chi connectivity index (χ1) is 22.6. The molecule has 246 valence electrons. The molecule has 15 heteroatoms. The average molecular weight is 775 g/mol. The fourth-order valence-electron chi connectivity index (χ4n) is 5.01. The summed E-state index contributed by atoms with van der Waals surface area (Å²) in [6.07, 6.45) is 3.54. The van der Waals surface area contributed by atoms with Crippen molar-refractivity contribution in [3.8, 4) is 5.75 Å². The highest BCUT2D eigenvalue weighted by atomic mass is 79.9. The van der Waals surface area contributed by atoms with Crippen molar-refractivity contribution in [2.75, 3.05) is 59.0 Å². The number of rotatable bonds is 11. The van der Waals surface area contributed by atoms with Crippen LogP contribution in [0.3, 0.4) is 0 Å². The number of carbonyl (C=O) groups is 4. The van der Waals surface area contributed by atoms with Gasteiger partial charge in [-0.1, -0.05) is 88.2 Å². The first kappa shape index (κ1) is 35.2. The number of halogens is 1. The topological polar surface area (TPSA) is 102 Å². The van der Waals surface area contributed by atoms with E-state index in [1.165, 1.54) is 33.3 Å². The van der Waals surface area contributed by atoms with E-state index in [1.54, 1.807) is 17.1 Å². The number of piperazine rings is 1. The van der Waals surface area contributed by atoms with Crippen molar-refractivity contribution in [2.24, 2.45) is 0 Å². The normalized spacial score (nSPS) is 19.0. The minimum absolute atomic E-state index is 0.101. The van der Waals surface area contributed by atoms with E-state index < -0.39 is 0 Å². The van der Waals surface area contributed by atoms with E-state index in [0.29, 0.717) is 64.3 Å². The van der Waals surface area contributed by atoms with Crippen molar-refractivity contribution in [3.63, 3.8) is 0 Å². The molecule has 0 bridgehead atoms. The lowest BCUT2D eigenvalue weighted by Crippen LogP contribution is -2.52. The fourth-order valence-corrected chi connectivity index (χ4v) is 7.93. The third-order valence-corrected chi connectivity index (χ3v) is 10.7. The van der Waals surface area contributed by atoms with Crippen molar-refractivity contribution in [3.05, 3.63) is 73.9 Å². The van der Waals surface area contributed by atoms with Crippen LogP contribution >= 0.6 is 63.9 Å². The van der Waals surface area contributed by atoms with Crippen molar-refractivity contribution in [1.82, 2.24) is 24.9 Å². The molecule has 47 heavy (non-hydrogen) atoms. The van der Waals surface area contributed by atoms with Gasteiger partial charge in [0.1, 0.15) is 27.5 Å². The quantitative estimate of drug-likeness (QED) is 0.264. The van der Waals surface area contributed by atoms with Crippen LogP contribution in [0.2, 0.25) is 0 Å². The third kappa shape index (κ3) is 9.30. The van der Waals surface area contributed by atoms with Crippen molar-refractivity contribution >= 4 is 108 Å². The summed E-state index contributed by atoms with van der Waals surface area (Å²) in [6, 6.07) is 15.0. The van der Waals surface area contributed by atoms with Crippen LogP contribution in [0.5, 0.6) is 5.75 Å². The van der Waals surface area contributed by atoms with Gasteiger partial charge in [0.25, 0.3) is 11.8 Å². The third-order valence-electron chi connectivity index (χ3n) is 7.45. The van der Waals surface area contributed by atoms with Gasteiger partial charge >= 0.3 is 0 Å². The summed E-state index contributed by atoms with van der Waals surface area (Å²) in [5, 5.41) is 2.87. The van der Waals surface area contributed by atoms with Crippen molar-refractivity contribution in [1.29, 1.82) is 0 Å². The molecule has 10 nitrogen and oxygen atoms in total. The van der Waals surface area contributed by atoms with E-state index in [2.05, 4.69) is 26.1 Å². The zero-order valence-corrected chi connectivity index (χ0v) is 30.3. The van der Waals surface area contributed by atoms with E-state index in [0.717, 1.165) is 21.3 Å². The van der Waals surface area contributed by atoms with Crippen LogP contribution in [0.1, 0.15) is 18.1 Å². The number of thioether (sulfide) groups is 2. The highest BCUT2D eigenvalue weighted by Gasteiger charge is 2.35. The standard InChI is InChI=1S/C32H32BrN5O5S4/c1-2-43-24-8-6-21(7-9-24)17-25-30(42)38(32(45)46-25)20-28(40)36-14-12-35(13-15-36)11-10-34-27(39)19-37-29(41)26(47-31(37)44)18-22-4-3-5-23(33)16-22/h3-9,16-18H,2,10-15,19-20H2,1H3,(H,34,39). The second-order valence-corrected chi connectivity index (χ2v) is 14.9. The maximum absolute atomic E-state index is 13.1. The SMILES string of the molecule is CCOc1ccc(C=C2SC(=S)N(CC(=O)N3CCN(CCNC(=O)CN4C(=O)C(=Cc5cccc(Br)c5)SC4=S)CC3)C2=O)cc1. The van der Waals surface area contributed by atoms with Crippen LogP contribution in [-0.4, -0.2) is 111 Å². The van der Waals surface area contributed by atoms with Crippen LogP contribution in [0, 0.1) is 0 Å². The van der Waals surface area contributed by atoms with E-state index >= 15 is 0 Å². The Labute approximate surface area is 301 Å². The highest BCUT2D eigenvalue weighted by Crippen LogP contribution is 2.34. The number of carbonyl (C=O) groups excluding carboxylic acids is 4. The summed E-state index contributed by atoms with van der Waals surface area (Å²) in [5.41, 5.74) is 1.71. The molecular weight excluding hydrogens is 743 g/mol. The number of amides is 4. The predicted molar refractivity (Wildman–Crippen MR) is 198 cm³/mol. The molecular formula is C32H32BrN5O5S4. The maximum atomic E-state index is 13.1. The summed E-state index contributed by atoms with van der Waals surface area (Å²) >= 11 is 16.6. The number of nitrogens with zero attached hydrogens (tertiary/aromatic N) is 4. The molecule has 2 aromatic carbocycles. The molecule has 0 spiro atoms. The molecule has 3 fully saturated rings. The summed E-state index contributed by atoms with van der Waals surface area (Å²) in [5.74, 6) is -0.255. The van der Waals surface area contributed by atoms with Gasteiger partial charge in [0.05, 0.1) is 16.4 Å². The molecule has 0 aromatic heterocycles. The number of benzene rings is 2. The van der Waals surface area contributed by atoms with Gasteiger partial charge in [-0.3, -0.25) is 33.9 Å². The van der Waals surface area contributed by atoms with Gasteiger partial charge in [-0.15, -0.1) is 0 Å². The average Bonchev–Trinajstić information content (AvgIpc) is 3.46. The Bertz CT molecular complexity index is 1640. The zero-order chi connectivity index (χ0) is 33.5. The van der Waals surface area contributed by atoms with Gasteiger partial charge < -0.3 is 15.0 Å². The molecule has 3 aliphatic heterocycles. The van der Waals surface area contributed by atoms with Gasteiger partial charge in [-0.05, 0) is 54.5 Å². The van der Waals surface area contributed by atoms with E-state index in [1.807, 2.05) is 55.5 Å². The minimum Gasteiger partial charge on any atom is -0.494 e. The molecule has 0 atom stereocenters. The second-order valence-electron chi connectivity index (χ2n) is 10.7. The lowest BCUT2D eigenvalue weighted by Gasteiger charge is -2.35. The number of thiocarbonyl (C=S) groups is 2. The first-order valence-corrected chi connectivity index (χ1v) is 18.1. The fraction of sp³-hybridized carbons (Fsp3) is 0.312. The monoisotopic (exact) mass is 773 g/mol. The largest absolute Gasteiger partial charge is 0.494 e. The van der Waals surface area contributed by atoms with E-state index in [9.17, 15) is 19.2 Å². The Morgan fingerprint density at radius 1 is 0.894 bits per heavy atom. The number of hydrogen-bond acceptors (Lipinski definition) is 10. The van der Waals surface area contributed by atoms with Crippen LogP contribution < -0.4 is 10.1 Å². The van der Waals surface area contributed by atoms with Crippen LogP contribution in [-0.2, 0) is 19.2 Å². The lowest BCUT2D eigenvalue weighted by atomic mass is 10.2.